The van der Waals surface area contributed by atoms with Crippen LogP contribution in [0.3, 0.4) is 0 Å². The maximum atomic E-state index is 10.3. The molecule has 0 aliphatic carbocycles. The molecular weight excluding hydrogens is 374 g/mol. The number of rotatable bonds is 5. The molecule has 0 unspecified atom stereocenters. The quantitative estimate of drug-likeness (QED) is 0.499. The summed E-state index contributed by atoms with van der Waals surface area (Å²) in [5.74, 6) is 0.841. The van der Waals surface area contributed by atoms with Crippen molar-refractivity contribution in [3.8, 4) is 11.8 Å². The number of aromatic nitrogens is 3. The number of fused-ring (bicyclic) bond motifs is 1. The molecule has 4 aromatic rings. The molecule has 4 rings (SSSR count). The summed E-state index contributed by atoms with van der Waals surface area (Å²) in [6.07, 6.45) is 0.384. The number of anilines is 2. The molecule has 2 N–H and O–H groups in total. The van der Waals surface area contributed by atoms with Crippen molar-refractivity contribution in [3.05, 3.63) is 76.6 Å². The second-order valence-corrected chi connectivity index (χ2v) is 7.55. The van der Waals surface area contributed by atoms with Gasteiger partial charge in [-0.15, -0.1) is 0 Å². The van der Waals surface area contributed by atoms with E-state index in [1.54, 1.807) is 12.1 Å². The van der Waals surface area contributed by atoms with Gasteiger partial charge in [-0.25, -0.2) is 4.98 Å². The molecule has 30 heavy (non-hydrogen) atoms. The summed E-state index contributed by atoms with van der Waals surface area (Å²) in [5, 5.41) is 22.6. The fraction of sp³-hybridized carbons (Fsp3) is 0.208. The summed E-state index contributed by atoms with van der Waals surface area (Å²) >= 11 is 0. The molecule has 2 aromatic carbocycles. The van der Waals surface area contributed by atoms with Gasteiger partial charge in [-0.3, -0.25) is 4.98 Å². The molecule has 0 aliphatic rings. The highest BCUT2D eigenvalue weighted by Gasteiger charge is 2.16. The third kappa shape index (κ3) is 3.83. The Kier molecular flexibility index (Phi) is 5.11. The number of pyridine rings is 1. The van der Waals surface area contributed by atoms with Crippen LogP contribution >= 0.6 is 0 Å². The van der Waals surface area contributed by atoms with Crippen LogP contribution < -0.4 is 5.32 Å². The summed E-state index contributed by atoms with van der Waals surface area (Å²) in [6.45, 7) is 6.42. The molecule has 0 bridgehead atoms. The lowest BCUT2D eigenvalue weighted by Gasteiger charge is -2.13. The van der Waals surface area contributed by atoms with Gasteiger partial charge in [0, 0.05) is 11.4 Å². The van der Waals surface area contributed by atoms with E-state index in [0.29, 0.717) is 24.6 Å². The number of aromatic hydroxyl groups is 1. The summed E-state index contributed by atoms with van der Waals surface area (Å²) in [4.78, 5) is 9.35. The van der Waals surface area contributed by atoms with E-state index in [4.69, 9.17) is 10.2 Å². The van der Waals surface area contributed by atoms with Crippen LogP contribution in [0, 0.1) is 32.1 Å². The minimum Gasteiger partial charge on any atom is -0.506 e. The van der Waals surface area contributed by atoms with Crippen molar-refractivity contribution in [2.45, 2.75) is 33.7 Å². The van der Waals surface area contributed by atoms with Crippen molar-refractivity contribution in [2.75, 3.05) is 5.32 Å². The molecule has 0 fully saturated rings. The normalized spacial score (nSPS) is 10.9. The van der Waals surface area contributed by atoms with Gasteiger partial charge in [-0.2, -0.15) is 5.26 Å². The zero-order chi connectivity index (χ0) is 21.3. The zero-order valence-electron chi connectivity index (χ0n) is 17.3. The maximum Gasteiger partial charge on any atom is 0.208 e. The molecule has 0 saturated heterocycles. The lowest BCUT2D eigenvalue weighted by atomic mass is 10.1. The molecule has 0 atom stereocenters. The molecule has 0 spiro atoms. The van der Waals surface area contributed by atoms with Crippen LogP contribution in [0.1, 0.15) is 28.1 Å². The molecule has 150 valence electrons. The van der Waals surface area contributed by atoms with Gasteiger partial charge in [0.05, 0.1) is 30.1 Å². The molecule has 2 aromatic heterocycles. The van der Waals surface area contributed by atoms with Crippen LogP contribution in [0.15, 0.2) is 48.5 Å². The Morgan fingerprint density at radius 3 is 2.53 bits per heavy atom. The van der Waals surface area contributed by atoms with E-state index in [0.717, 1.165) is 39.1 Å². The summed E-state index contributed by atoms with van der Waals surface area (Å²) < 4.78 is 2.05. The third-order valence-electron chi connectivity index (χ3n) is 5.07. The van der Waals surface area contributed by atoms with Crippen molar-refractivity contribution in [3.63, 3.8) is 0 Å². The number of benzene rings is 2. The molecular formula is C24H23N5O. The van der Waals surface area contributed by atoms with E-state index in [-0.39, 0.29) is 5.75 Å². The van der Waals surface area contributed by atoms with Gasteiger partial charge >= 0.3 is 0 Å². The molecule has 0 radical (unpaired) electrons. The fourth-order valence-electron chi connectivity index (χ4n) is 3.70. The average Bonchev–Trinajstić information content (AvgIpc) is 3.03. The van der Waals surface area contributed by atoms with E-state index in [1.165, 1.54) is 0 Å². The predicted molar refractivity (Wildman–Crippen MR) is 118 cm³/mol. The summed E-state index contributed by atoms with van der Waals surface area (Å²) in [6, 6.07) is 17.6. The minimum absolute atomic E-state index is 0.166. The Balaban J connectivity index is 1.80. The number of hydrogen-bond acceptors (Lipinski definition) is 5. The first-order valence-corrected chi connectivity index (χ1v) is 9.80. The van der Waals surface area contributed by atoms with Crippen LogP contribution in [0.5, 0.6) is 5.75 Å². The van der Waals surface area contributed by atoms with Crippen LogP contribution in [-0.4, -0.2) is 19.6 Å². The number of hydrogen-bond donors (Lipinski definition) is 2. The minimum atomic E-state index is 0.166. The first-order chi connectivity index (χ1) is 14.4. The van der Waals surface area contributed by atoms with Gasteiger partial charge in [0.2, 0.25) is 5.95 Å². The number of nitrogens with zero attached hydrogens (tertiary/aromatic N) is 4. The van der Waals surface area contributed by atoms with E-state index < -0.39 is 0 Å². The highest BCUT2D eigenvalue weighted by molar-refractivity contribution is 5.83. The highest BCUT2D eigenvalue weighted by Crippen LogP contribution is 2.29. The Hall–Kier alpha value is -3.85. The lowest BCUT2D eigenvalue weighted by molar-refractivity contribution is 0.461. The number of imidazole rings is 1. The molecule has 2 heterocycles. The Bertz CT molecular complexity index is 1270. The van der Waals surface area contributed by atoms with E-state index in [1.807, 2.05) is 31.2 Å². The standard InChI is InChI=1S/C24H23N5O/c1-15-12-16(2)23-20(13-15)28-24(27-19-7-5-18(6-8-19)10-11-25)29(23)14-21-22(30)9-4-17(3)26-21/h4-9,12-13,30H,10,14H2,1-3H3,(H,27,28). The maximum absolute atomic E-state index is 10.3. The Morgan fingerprint density at radius 1 is 1.03 bits per heavy atom. The molecule has 6 nitrogen and oxygen atoms in total. The van der Waals surface area contributed by atoms with Gasteiger partial charge in [0.25, 0.3) is 0 Å². The zero-order valence-corrected chi connectivity index (χ0v) is 17.3. The lowest BCUT2D eigenvalue weighted by Crippen LogP contribution is -2.08. The second-order valence-electron chi connectivity index (χ2n) is 7.55. The van der Waals surface area contributed by atoms with Crippen LogP contribution in [0.25, 0.3) is 11.0 Å². The molecule has 6 heteroatoms. The molecule has 0 saturated carbocycles. The Labute approximate surface area is 175 Å². The van der Waals surface area contributed by atoms with E-state index in [2.05, 4.69) is 46.9 Å². The van der Waals surface area contributed by atoms with Gasteiger partial charge in [0.15, 0.2) is 0 Å². The molecule has 0 amide bonds. The van der Waals surface area contributed by atoms with Crippen molar-refractivity contribution in [1.29, 1.82) is 5.26 Å². The average molecular weight is 397 g/mol. The van der Waals surface area contributed by atoms with Gasteiger partial charge in [-0.05, 0) is 67.8 Å². The topological polar surface area (TPSA) is 86.8 Å². The number of nitrogens with one attached hydrogen (secondary N) is 1. The van der Waals surface area contributed by atoms with Gasteiger partial charge in [0.1, 0.15) is 11.4 Å². The first-order valence-electron chi connectivity index (χ1n) is 9.80. The van der Waals surface area contributed by atoms with Crippen molar-refractivity contribution >= 4 is 22.7 Å². The second kappa shape index (κ2) is 7.88. The van der Waals surface area contributed by atoms with Crippen LogP contribution in [-0.2, 0) is 13.0 Å². The highest BCUT2D eigenvalue weighted by atomic mass is 16.3. The Morgan fingerprint density at radius 2 is 1.80 bits per heavy atom. The number of nitriles is 1. The van der Waals surface area contributed by atoms with E-state index >= 15 is 0 Å². The number of aryl methyl sites for hydroxylation is 3. The van der Waals surface area contributed by atoms with Crippen molar-refractivity contribution in [2.24, 2.45) is 0 Å². The van der Waals surface area contributed by atoms with E-state index in [9.17, 15) is 5.11 Å². The van der Waals surface area contributed by atoms with Crippen molar-refractivity contribution < 1.29 is 5.11 Å². The third-order valence-corrected chi connectivity index (χ3v) is 5.07. The SMILES string of the molecule is Cc1cc(C)c2c(c1)nc(Nc1ccc(CC#N)cc1)n2Cc1nc(C)ccc1O. The first kappa shape index (κ1) is 19.5. The summed E-state index contributed by atoms with van der Waals surface area (Å²) in [5.41, 5.74) is 7.45. The summed E-state index contributed by atoms with van der Waals surface area (Å²) in [7, 11) is 0. The van der Waals surface area contributed by atoms with Gasteiger partial charge in [-0.1, -0.05) is 18.2 Å². The fourth-order valence-corrected chi connectivity index (χ4v) is 3.70. The largest absolute Gasteiger partial charge is 0.506 e. The van der Waals surface area contributed by atoms with Gasteiger partial charge < -0.3 is 15.0 Å². The monoisotopic (exact) mass is 397 g/mol. The van der Waals surface area contributed by atoms with Crippen molar-refractivity contribution in [1.82, 2.24) is 14.5 Å². The molecule has 0 aliphatic heterocycles. The smallest absolute Gasteiger partial charge is 0.208 e. The predicted octanol–water partition coefficient (Wildman–Crippen LogP) is 4.92. The van der Waals surface area contributed by atoms with Crippen LogP contribution in [0.2, 0.25) is 0 Å². The van der Waals surface area contributed by atoms with Crippen LogP contribution in [0.4, 0.5) is 11.6 Å².